The zero-order valence-electron chi connectivity index (χ0n) is 11.7. The number of rotatable bonds is 2. The summed E-state index contributed by atoms with van der Waals surface area (Å²) in [5.74, 6) is 0.745. The van der Waals surface area contributed by atoms with Gasteiger partial charge < -0.3 is 14.4 Å². The minimum absolute atomic E-state index is 0.197. The molecule has 0 aliphatic carbocycles. The third-order valence-corrected chi connectivity index (χ3v) is 4.94. The summed E-state index contributed by atoms with van der Waals surface area (Å²) in [6.07, 6.45) is 3.09. The van der Waals surface area contributed by atoms with Gasteiger partial charge in [-0.2, -0.15) is 0 Å². The van der Waals surface area contributed by atoms with Gasteiger partial charge in [0.05, 0.1) is 12.8 Å². The van der Waals surface area contributed by atoms with Crippen LogP contribution in [-0.2, 0) is 13.0 Å². The van der Waals surface area contributed by atoms with Gasteiger partial charge in [-0.1, -0.05) is 6.07 Å². The standard InChI is InChI=1S/C17H15NO2S/c1-20-15-9-11-4-6-18-7-5-12(16-3-2-8-21-16)17(18)13(11)10-14(15)19/h2-3,5,7-10,19H,4,6H2,1H3. The molecule has 3 heterocycles. The highest BCUT2D eigenvalue weighted by Gasteiger charge is 2.22. The van der Waals surface area contributed by atoms with E-state index in [-0.39, 0.29) is 5.75 Å². The first-order valence-electron chi connectivity index (χ1n) is 6.91. The number of phenolic OH excluding ortho intramolecular Hbond substituents is 1. The number of hydrogen-bond acceptors (Lipinski definition) is 3. The van der Waals surface area contributed by atoms with Crippen LogP contribution >= 0.6 is 11.3 Å². The summed E-state index contributed by atoms with van der Waals surface area (Å²) < 4.78 is 7.50. The molecule has 0 bridgehead atoms. The molecule has 3 nitrogen and oxygen atoms in total. The largest absolute Gasteiger partial charge is 0.504 e. The van der Waals surface area contributed by atoms with E-state index in [1.165, 1.54) is 21.7 Å². The Morgan fingerprint density at radius 3 is 2.90 bits per heavy atom. The van der Waals surface area contributed by atoms with Crippen molar-refractivity contribution in [2.45, 2.75) is 13.0 Å². The Morgan fingerprint density at radius 1 is 1.24 bits per heavy atom. The average molecular weight is 297 g/mol. The van der Waals surface area contributed by atoms with Crippen LogP contribution < -0.4 is 4.74 Å². The van der Waals surface area contributed by atoms with E-state index in [1.54, 1.807) is 18.4 Å². The molecule has 1 aromatic carbocycles. The van der Waals surface area contributed by atoms with Gasteiger partial charge in [0.2, 0.25) is 0 Å². The summed E-state index contributed by atoms with van der Waals surface area (Å²) in [6.45, 7) is 0.960. The highest BCUT2D eigenvalue weighted by molar-refractivity contribution is 7.13. The minimum Gasteiger partial charge on any atom is -0.504 e. The lowest BCUT2D eigenvalue weighted by molar-refractivity contribution is 0.373. The molecule has 2 aromatic heterocycles. The number of ether oxygens (including phenoxy) is 1. The maximum Gasteiger partial charge on any atom is 0.160 e. The molecule has 0 saturated heterocycles. The predicted molar refractivity (Wildman–Crippen MR) is 85.1 cm³/mol. The van der Waals surface area contributed by atoms with Crippen LogP contribution in [0.1, 0.15) is 5.56 Å². The molecule has 1 N–H and O–H groups in total. The molecular weight excluding hydrogens is 282 g/mol. The van der Waals surface area contributed by atoms with E-state index >= 15 is 0 Å². The maximum absolute atomic E-state index is 10.1. The van der Waals surface area contributed by atoms with Crippen molar-refractivity contribution in [2.75, 3.05) is 7.11 Å². The Morgan fingerprint density at radius 2 is 2.14 bits per heavy atom. The van der Waals surface area contributed by atoms with Gasteiger partial charge in [0.1, 0.15) is 0 Å². The van der Waals surface area contributed by atoms with Gasteiger partial charge >= 0.3 is 0 Å². The van der Waals surface area contributed by atoms with E-state index in [0.717, 1.165) is 18.5 Å². The summed E-state index contributed by atoms with van der Waals surface area (Å²) in [4.78, 5) is 1.26. The van der Waals surface area contributed by atoms with Crippen molar-refractivity contribution in [1.29, 1.82) is 0 Å². The monoisotopic (exact) mass is 297 g/mol. The number of hydrogen-bond donors (Lipinski definition) is 1. The molecule has 0 amide bonds. The SMILES string of the molecule is COc1cc2c(cc1O)-c1c(-c3cccs3)ccn1CC2. The molecule has 0 spiro atoms. The lowest BCUT2D eigenvalue weighted by Crippen LogP contribution is -2.10. The molecule has 0 unspecified atom stereocenters. The molecule has 21 heavy (non-hydrogen) atoms. The number of aromatic nitrogens is 1. The molecule has 4 heteroatoms. The number of thiophene rings is 1. The first-order valence-corrected chi connectivity index (χ1v) is 7.79. The van der Waals surface area contributed by atoms with Crippen LogP contribution in [0, 0.1) is 0 Å². The van der Waals surface area contributed by atoms with Crippen molar-refractivity contribution < 1.29 is 9.84 Å². The van der Waals surface area contributed by atoms with Crippen molar-refractivity contribution >= 4 is 11.3 Å². The number of phenols is 1. The molecular formula is C17H15NO2S. The molecule has 1 aliphatic rings. The van der Waals surface area contributed by atoms with Gasteiger partial charge in [0.25, 0.3) is 0 Å². The number of aromatic hydroxyl groups is 1. The van der Waals surface area contributed by atoms with E-state index in [4.69, 9.17) is 4.74 Å². The van der Waals surface area contributed by atoms with Crippen LogP contribution in [0.5, 0.6) is 11.5 Å². The summed E-state index contributed by atoms with van der Waals surface area (Å²) in [5, 5.41) is 12.2. The highest BCUT2D eigenvalue weighted by Crippen LogP contribution is 2.43. The number of benzene rings is 1. The second-order valence-electron chi connectivity index (χ2n) is 5.18. The fourth-order valence-electron chi connectivity index (χ4n) is 3.03. The van der Waals surface area contributed by atoms with E-state index in [2.05, 4.69) is 34.3 Å². The topological polar surface area (TPSA) is 34.4 Å². The van der Waals surface area contributed by atoms with Crippen LogP contribution in [0.3, 0.4) is 0 Å². The fraction of sp³-hybridized carbons (Fsp3) is 0.176. The first kappa shape index (κ1) is 12.5. The van der Waals surface area contributed by atoms with Crippen LogP contribution in [-0.4, -0.2) is 16.8 Å². The smallest absolute Gasteiger partial charge is 0.160 e. The number of methoxy groups -OCH3 is 1. The van der Waals surface area contributed by atoms with Crippen molar-refractivity contribution in [3.8, 4) is 33.2 Å². The second-order valence-corrected chi connectivity index (χ2v) is 6.13. The van der Waals surface area contributed by atoms with Crippen LogP contribution in [0.25, 0.3) is 21.7 Å². The predicted octanol–water partition coefficient (Wildman–Crippen LogP) is 4.15. The van der Waals surface area contributed by atoms with E-state index < -0.39 is 0 Å². The van der Waals surface area contributed by atoms with Crippen molar-refractivity contribution in [3.63, 3.8) is 0 Å². The summed E-state index contributed by atoms with van der Waals surface area (Å²) in [6, 6.07) is 10.2. The summed E-state index contributed by atoms with van der Waals surface area (Å²) in [7, 11) is 1.59. The van der Waals surface area contributed by atoms with Crippen molar-refractivity contribution in [3.05, 3.63) is 47.5 Å². The highest BCUT2D eigenvalue weighted by atomic mass is 32.1. The molecule has 1 aliphatic heterocycles. The minimum atomic E-state index is 0.197. The molecule has 4 rings (SSSR count). The number of fused-ring (bicyclic) bond motifs is 3. The molecule has 0 fully saturated rings. The maximum atomic E-state index is 10.1. The Kier molecular flexibility index (Phi) is 2.79. The Balaban J connectivity index is 1.95. The second kappa shape index (κ2) is 4.67. The van der Waals surface area contributed by atoms with Crippen LogP contribution in [0.2, 0.25) is 0 Å². The normalized spacial score (nSPS) is 12.8. The van der Waals surface area contributed by atoms with Gasteiger partial charge in [-0.15, -0.1) is 11.3 Å². The first-order chi connectivity index (χ1) is 10.3. The van der Waals surface area contributed by atoms with E-state index in [1.807, 2.05) is 12.1 Å². The van der Waals surface area contributed by atoms with E-state index in [0.29, 0.717) is 5.75 Å². The quantitative estimate of drug-likeness (QED) is 0.771. The Hall–Kier alpha value is -2.20. The lowest BCUT2D eigenvalue weighted by Gasteiger charge is -2.22. The van der Waals surface area contributed by atoms with Crippen LogP contribution in [0.15, 0.2) is 41.9 Å². The average Bonchev–Trinajstić information content (AvgIpc) is 3.15. The van der Waals surface area contributed by atoms with E-state index in [9.17, 15) is 5.11 Å². The van der Waals surface area contributed by atoms with Crippen molar-refractivity contribution in [1.82, 2.24) is 4.57 Å². The lowest BCUT2D eigenvalue weighted by atomic mass is 9.95. The molecule has 106 valence electrons. The van der Waals surface area contributed by atoms with Gasteiger partial charge in [-0.25, -0.2) is 0 Å². The molecule has 0 saturated carbocycles. The summed E-state index contributed by atoms with van der Waals surface area (Å²) in [5.41, 5.74) is 4.76. The van der Waals surface area contributed by atoms with Gasteiger partial charge in [-0.3, -0.25) is 0 Å². The van der Waals surface area contributed by atoms with Gasteiger partial charge in [-0.05, 0) is 41.6 Å². The third kappa shape index (κ3) is 1.87. The molecule has 0 radical (unpaired) electrons. The third-order valence-electron chi connectivity index (χ3n) is 4.03. The van der Waals surface area contributed by atoms with Crippen molar-refractivity contribution in [2.24, 2.45) is 0 Å². The van der Waals surface area contributed by atoms with Gasteiger partial charge in [0, 0.05) is 28.7 Å². The van der Waals surface area contributed by atoms with Crippen LogP contribution in [0.4, 0.5) is 0 Å². The fourth-order valence-corrected chi connectivity index (χ4v) is 3.78. The summed E-state index contributed by atoms with van der Waals surface area (Å²) >= 11 is 1.74. The number of aryl methyl sites for hydroxylation is 2. The molecule has 3 aromatic rings. The Labute approximate surface area is 127 Å². The zero-order valence-corrected chi connectivity index (χ0v) is 12.5. The molecule has 0 atom stereocenters. The Bertz CT molecular complexity index is 803. The van der Waals surface area contributed by atoms with Gasteiger partial charge in [0.15, 0.2) is 11.5 Å². The zero-order chi connectivity index (χ0) is 14.4. The number of nitrogens with zero attached hydrogens (tertiary/aromatic N) is 1.